The predicted octanol–water partition coefficient (Wildman–Crippen LogP) is 2.64. The number of nitrogens with zero attached hydrogens (tertiary/aromatic N) is 2. The van der Waals surface area contributed by atoms with Crippen LogP contribution in [-0.4, -0.2) is 50.3 Å². The summed E-state index contributed by atoms with van der Waals surface area (Å²) in [6, 6.07) is 16.5. The first kappa shape index (κ1) is 23.1. The molecule has 158 valence electrons. The van der Waals surface area contributed by atoms with E-state index in [1.54, 1.807) is 12.1 Å². The van der Waals surface area contributed by atoms with Gasteiger partial charge >= 0.3 is 0 Å². The molecule has 0 heterocycles. The van der Waals surface area contributed by atoms with E-state index in [0.717, 1.165) is 30.8 Å². The van der Waals surface area contributed by atoms with Crippen molar-refractivity contribution in [3.8, 4) is 0 Å². The number of benzene rings is 2. The highest BCUT2D eigenvalue weighted by molar-refractivity contribution is 7.89. The molecule has 1 amide bonds. The zero-order valence-corrected chi connectivity index (χ0v) is 18.1. The number of rotatable bonds is 11. The molecule has 6 nitrogen and oxygen atoms in total. The zero-order valence-electron chi connectivity index (χ0n) is 17.3. The Balaban J connectivity index is 2.05. The summed E-state index contributed by atoms with van der Waals surface area (Å²) in [7, 11) is -3.69. The Labute approximate surface area is 174 Å². The highest BCUT2D eigenvalue weighted by Gasteiger charge is 2.15. The molecule has 29 heavy (non-hydrogen) atoms. The average Bonchev–Trinajstić information content (AvgIpc) is 2.72. The first-order chi connectivity index (χ1) is 13.8. The molecule has 0 bridgehead atoms. The van der Waals surface area contributed by atoms with Crippen molar-refractivity contribution < 1.29 is 13.2 Å². The van der Waals surface area contributed by atoms with Gasteiger partial charge in [0.15, 0.2) is 0 Å². The van der Waals surface area contributed by atoms with Crippen LogP contribution in [0.3, 0.4) is 0 Å². The molecule has 0 radical (unpaired) electrons. The minimum atomic E-state index is -3.69. The molecule has 0 fully saturated rings. The van der Waals surface area contributed by atoms with Crippen LogP contribution in [0.25, 0.3) is 0 Å². The summed E-state index contributed by atoms with van der Waals surface area (Å²) < 4.78 is 22.8. The molecule has 0 atom stereocenters. The Hall–Kier alpha value is -2.22. The maximum Gasteiger partial charge on any atom is 0.238 e. The van der Waals surface area contributed by atoms with Crippen LogP contribution in [0.15, 0.2) is 59.5 Å². The van der Waals surface area contributed by atoms with Gasteiger partial charge in [0.2, 0.25) is 15.9 Å². The van der Waals surface area contributed by atoms with E-state index in [1.807, 2.05) is 35.2 Å². The van der Waals surface area contributed by atoms with Crippen molar-refractivity contribution in [1.29, 1.82) is 0 Å². The number of carbonyl (C=O) groups is 1. The Kier molecular flexibility index (Phi) is 8.82. The number of primary sulfonamides is 1. The average molecular weight is 418 g/mol. The molecule has 2 aromatic rings. The quantitative estimate of drug-likeness (QED) is 0.609. The summed E-state index contributed by atoms with van der Waals surface area (Å²) in [6.07, 6.45) is 1.13. The van der Waals surface area contributed by atoms with Crippen molar-refractivity contribution in [1.82, 2.24) is 9.80 Å². The number of hydrogen-bond donors (Lipinski definition) is 1. The van der Waals surface area contributed by atoms with E-state index in [9.17, 15) is 13.2 Å². The van der Waals surface area contributed by atoms with Gasteiger partial charge < -0.3 is 9.80 Å². The largest absolute Gasteiger partial charge is 0.338 e. The summed E-state index contributed by atoms with van der Waals surface area (Å²) >= 11 is 0. The third kappa shape index (κ3) is 7.61. The van der Waals surface area contributed by atoms with Crippen LogP contribution >= 0.6 is 0 Å². The van der Waals surface area contributed by atoms with Crippen LogP contribution in [0.5, 0.6) is 0 Å². The van der Waals surface area contributed by atoms with Gasteiger partial charge in [0.25, 0.3) is 0 Å². The summed E-state index contributed by atoms with van der Waals surface area (Å²) in [5, 5.41) is 5.15. The zero-order chi connectivity index (χ0) is 21.3. The molecule has 0 aliphatic carbocycles. The highest BCUT2D eigenvalue weighted by atomic mass is 32.2. The van der Waals surface area contributed by atoms with Crippen molar-refractivity contribution in [2.24, 2.45) is 5.14 Å². The van der Waals surface area contributed by atoms with E-state index < -0.39 is 10.0 Å². The summed E-state index contributed by atoms with van der Waals surface area (Å²) in [5.41, 5.74) is 2.06. The lowest BCUT2D eigenvalue weighted by Crippen LogP contribution is -2.35. The van der Waals surface area contributed by atoms with Crippen molar-refractivity contribution in [2.45, 2.75) is 38.1 Å². The van der Waals surface area contributed by atoms with E-state index in [1.165, 1.54) is 12.1 Å². The molecule has 2 aromatic carbocycles. The van der Waals surface area contributed by atoms with Gasteiger partial charge in [-0.15, -0.1) is 0 Å². The fourth-order valence-corrected chi connectivity index (χ4v) is 3.67. The summed E-state index contributed by atoms with van der Waals surface area (Å²) in [6.45, 7) is 7.94. The minimum Gasteiger partial charge on any atom is -0.338 e. The number of carbonyl (C=O) groups excluding carboxylic acids is 1. The molecule has 0 saturated carbocycles. The molecule has 2 rings (SSSR count). The Morgan fingerprint density at radius 3 is 2.07 bits per heavy atom. The first-order valence-electron chi connectivity index (χ1n) is 9.99. The summed E-state index contributed by atoms with van der Waals surface area (Å²) in [4.78, 5) is 17.1. The van der Waals surface area contributed by atoms with Gasteiger partial charge in [0, 0.05) is 26.1 Å². The maximum atomic E-state index is 12.9. The van der Waals surface area contributed by atoms with Crippen LogP contribution in [0.4, 0.5) is 0 Å². The second-order valence-corrected chi connectivity index (χ2v) is 8.58. The molecule has 0 unspecified atom stereocenters. The van der Waals surface area contributed by atoms with Gasteiger partial charge in [-0.25, -0.2) is 13.6 Å². The third-order valence-corrected chi connectivity index (χ3v) is 5.96. The number of amides is 1. The second-order valence-electron chi connectivity index (χ2n) is 7.02. The fourth-order valence-electron chi connectivity index (χ4n) is 3.16. The van der Waals surface area contributed by atoms with E-state index in [4.69, 9.17) is 5.14 Å². The molecule has 0 spiro atoms. The third-order valence-electron chi connectivity index (χ3n) is 5.03. The van der Waals surface area contributed by atoms with Crippen LogP contribution in [0.1, 0.15) is 31.4 Å². The normalized spacial score (nSPS) is 11.6. The molecule has 0 saturated heterocycles. The molecule has 0 aromatic heterocycles. The maximum absolute atomic E-state index is 12.9. The van der Waals surface area contributed by atoms with Gasteiger partial charge in [-0.2, -0.15) is 0 Å². The SMILES string of the molecule is CCN(CC)CCC(=O)N(CCc1ccc(S(N)(=O)=O)cc1)Cc1ccccc1. The van der Waals surface area contributed by atoms with Crippen molar-refractivity contribution >= 4 is 15.9 Å². The molecule has 0 aliphatic rings. The van der Waals surface area contributed by atoms with Crippen molar-refractivity contribution in [3.05, 3.63) is 65.7 Å². The topological polar surface area (TPSA) is 83.7 Å². The Bertz CT molecular complexity index is 864. The highest BCUT2D eigenvalue weighted by Crippen LogP contribution is 2.12. The fraction of sp³-hybridized carbons (Fsp3) is 0.409. The Morgan fingerprint density at radius 1 is 0.897 bits per heavy atom. The number of sulfonamides is 1. The molecule has 0 aliphatic heterocycles. The Morgan fingerprint density at radius 2 is 1.52 bits per heavy atom. The lowest BCUT2D eigenvalue weighted by atomic mass is 10.1. The van der Waals surface area contributed by atoms with E-state index in [2.05, 4.69) is 18.7 Å². The first-order valence-corrected chi connectivity index (χ1v) is 11.5. The van der Waals surface area contributed by atoms with Gasteiger partial charge in [-0.1, -0.05) is 56.3 Å². The molecular weight excluding hydrogens is 386 g/mol. The molecule has 7 heteroatoms. The molecular formula is C22H31N3O3S. The lowest BCUT2D eigenvalue weighted by molar-refractivity contribution is -0.132. The van der Waals surface area contributed by atoms with Crippen LogP contribution < -0.4 is 5.14 Å². The summed E-state index contributed by atoms with van der Waals surface area (Å²) in [5.74, 6) is 0.127. The minimum absolute atomic E-state index is 0.0951. The van der Waals surface area contributed by atoms with Gasteiger partial charge in [-0.3, -0.25) is 4.79 Å². The van der Waals surface area contributed by atoms with Gasteiger partial charge in [0.1, 0.15) is 0 Å². The predicted molar refractivity (Wildman–Crippen MR) is 116 cm³/mol. The van der Waals surface area contributed by atoms with Crippen molar-refractivity contribution in [2.75, 3.05) is 26.2 Å². The number of hydrogen-bond acceptors (Lipinski definition) is 4. The van der Waals surface area contributed by atoms with Crippen LogP contribution in [-0.2, 0) is 27.8 Å². The van der Waals surface area contributed by atoms with Gasteiger partial charge in [0.05, 0.1) is 4.90 Å². The standard InChI is InChI=1S/C22H31N3O3S/c1-3-24(4-2)16-15-22(26)25(18-20-8-6-5-7-9-20)17-14-19-10-12-21(13-11-19)29(23,27)28/h5-13H,3-4,14-18H2,1-2H3,(H2,23,27,28). The van der Waals surface area contributed by atoms with Gasteiger partial charge in [-0.05, 0) is 42.8 Å². The smallest absolute Gasteiger partial charge is 0.238 e. The van der Waals surface area contributed by atoms with Crippen LogP contribution in [0, 0.1) is 0 Å². The van der Waals surface area contributed by atoms with E-state index >= 15 is 0 Å². The van der Waals surface area contributed by atoms with Crippen molar-refractivity contribution in [3.63, 3.8) is 0 Å². The van der Waals surface area contributed by atoms with E-state index in [0.29, 0.717) is 25.9 Å². The monoisotopic (exact) mass is 417 g/mol. The van der Waals surface area contributed by atoms with E-state index in [-0.39, 0.29) is 10.8 Å². The second kappa shape index (κ2) is 11.1. The lowest BCUT2D eigenvalue weighted by Gasteiger charge is -2.25. The number of nitrogens with two attached hydrogens (primary N) is 1. The molecule has 2 N–H and O–H groups in total. The van der Waals surface area contributed by atoms with Crippen LogP contribution in [0.2, 0.25) is 0 Å².